The molecular formula is C15H13FN2O5. The average molecular weight is 320 g/mol. The quantitative estimate of drug-likeness (QED) is 0.636. The number of nitrogens with zero attached hydrogens (tertiary/aromatic N) is 2. The van der Waals surface area contributed by atoms with Crippen LogP contribution in [0, 0.1) is 15.9 Å². The summed E-state index contributed by atoms with van der Waals surface area (Å²) >= 11 is 0. The van der Waals surface area contributed by atoms with Crippen LogP contribution in [-0.4, -0.2) is 30.2 Å². The maximum Gasteiger partial charge on any atom is 0.314 e. The highest BCUT2D eigenvalue weighted by Crippen LogP contribution is 2.38. The van der Waals surface area contributed by atoms with Crippen molar-refractivity contribution in [1.29, 1.82) is 0 Å². The van der Waals surface area contributed by atoms with Crippen molar-refractivity contribution in [2.45, 2.75) is 6.29 Å². The van der Waals surface area contributed by atoms with Crippen LogP contribution >= 0.6 is 0 Å². The molecule has 3 rings (SSSR count). The summed E-state index contributed by atoms with van der Waals surface area (Å²) in [7, 11) is 1.29. The van der Waals surface area contributed by atoms with Crippen LogP contribution in [-0.2, 0) is 9.47 Å². The fourth-order valence-corrected chi connectivity index (χ4v) is 2.37. The lowest BCUT2D eigenvalue weighted by Crippen LogP contribution is -2.01. The third-order valence-electron chi connectivity index (χ3n) is 3.39. The Hall–Kier alpha value is -2.58. The number of methoxy groups -OCH3 is 1. The molecule has 2 heterocycles. The Bertz CT molecular complexity index is 729. The van der Waals surface area contributed by atoms with Crippen molar-refractivity contribution >= 4 is 5.69 Å². The first-order valence-electron chi connectivity index (χ1n) is 6.81. The van der Waals surface area contributed by atoms with Crippen LogP contribution in [0.4, 0.5) is 10.1 Å². The molecule has 0 aliphatic carbocycles. The van der Waals surface area contributed by atoms with E-state index in [0.717, 1.165) is 17.7 Å². The van der Waals surface area contributed by atoms with Gasteiger partial charge in [-0.2, -0.15) is 0 Å². The first-order valence-corrected chi connectivity index (χ1v) is 6.81. The van der Waals surface area contributed by atoms with Gasteiger partial charge in [0.15, 0.2) is 6.29 Å². The number of ether oxygens (including phenoxy) is 3. The highest BCUT2D eigenvalue weighted by Gasteiger charge is 2.23. The number of benzene rings is 1. The molecule has 1 aliphatic rings. The summed E-state index contributed by atoms with van der Waals surface area (Å²) < 4.78 is 29.5. The van der Waals surface area contributed by atoms with Crippen molar-refractivity contribution in [3.63, 3.8) is 0 Å². The average Bonchev–Trinajstić information content (AvgIpc) is 3.08. The normalized spacial score (nSPS) is 14.9. The van der Waals surface area contributed by atoms with Crippen LogP contribution in [0.25, 0.3) is 11.3 Å². The SMILES string of the molecule is COc1c(-c2ccc(C3OCCO3)cn2)cc(F)cc1[N+](=O)[O-]. The molecule has 120 valence electrons. The van der Waals surface area contributed by atoms with Gasteiger partial charge in [0.25, 0.3) is 0 Å². The highest BCUT2D eigenvalue weighted by molar-refractivity contribution is 5.73. The number of nitro benzene ring substituents is 1. The molecule has 1 fully saturated rings. The first-order chi connectivity index (χ1) is 11.1. The molecule has 1 saturated heterocycles. The van der Waals surface area contributed by atoms with Gasteiger partial charge in [-0.25, -0.2) is 4.39 Å². The van der Waals surface area contributed by atoms with Crippen molar-refractivity contribution in [3.8, 4) is 17.0 Å². The molecule has 0 bridgehead atoms. The van der Waals surface area contributed by atoms with E-state index in [1.165, 1.54) is 13.3 Å². The molecule has 23 heavy (non-hydrogen) atoms. The summed E-state index contributed by atoms with van der Waals surface area (Å²) in [6, 6.07) is 5.29. The summed E-state index contributed by atoms with van der Waals surface area (Å²) in [4.78, 5) is 14.6. The zero-order valence-electron chi connectivity index (χ0n) is 12.2. The molecule has 0 saturated carbocycles. The topological polar surface area (TPSA) is 83.7 Å². The van der Waals surface area contributed by atoms with E-state index in [1.54, 1.807) is 12.1 Å². The molecule has 0 amide bonds. The Kier molecular flexibility index (Phi) is 4.18. The molecule has 8 heteroatoms. The second-order valence-electron chi connectivity index (χ2n) is 4.81. The van der Waals surface area contributed by atoms with E-state index >= 15 is 0 Å². The van der Waals surface area contributed by atoms with Gasteiger partial charge in [-0.1, -0.05) is 6.07 Å². The van der Waals surface area contributed by atoms with Gasteiger partial charge in [0.1, 0.15) is 5.82 Å². The molecule has 0 spiro atoms. The number of pyridine rings is 1. The number of hydrogen-bond donors (Lipinski definition) is 0. The lowest BCUT2D eigenvalue weighted by atomic mass is 10.1. The number of halogens is 1. The van der Waals surface area contributed by atoms with Gasteiger partial charge < -0.3 is 14.2 Å². The predicted molar refractivity (Wildman–Crippen MR) is 77.5 cm³/mol. The Morgan fingerprint density at radius 2 is 2.09 bits per heavy atom. The number of hydrogen-bond acceptors (Lipinski definition) is 6. The number of aromatic nitrogens is 1. The summed E-state index contributed by atoms with van der Waals surface area (Å²) in [5.41, 5.74) is 0.831. The third-order valence-corrected chi connectivity index (χ3v) is 3.39. The van der Waals surface area contributed by atoms with E-state index in [4.69, 9.17) is 14.2 Å². The van der Waals surface area contributed by atoms with E-state index < -0.39 is 22.7 Å². The lowest BCUT2D eigenvalue weighted by molar-refractivity contribution is -0.385. The lowest BCUT2D eigenvalue weighted by Gasteiger charge is -2.11. The van der Waals surface area contributed by atoms with Crippen LogP contribution in [0.2, 0.25) is 0 Å². The number of nitro groups is 1. The smallest absolute Gasteiger partial charge is 0.314 e. The van der Waals surface area contributed by atoms with Gasteiger partial charge in [-0.05, 0) is 12.1 Å². The van der Waals surface area contributed by atoms with Crippen LogP contribution in [0.3, 0.4) is 0 Å². The van der Waals surface area contributed by atoms with Gasteiger partial charge in [0.05, 0.1) is 42.6 Å². The van der Waals surface area contributed by atoms with Crippen molar-refractivity contribution in [2.75, 3.05) is 20.3 Å². The zero-order chi connectivity index (χ0) is 16.4. The van der Waals surface area contributed by atoms with Crippen molar-refractivity contribution in [2.24, 2.45) is 0 Å². The predicted octanol–water partition coefficient (Wildman–Crippen LogP) is 2.85. The fraction of sp³-hybridized carbons (Fsp3) is 0.267. The van der Waals surface area contributed by atoms with Crippen molar-refractivity contribution in [1.82, 2.24) is 4.98 Å². The van der Waals surface area contributed by atoms with Crippen LogP contribution in [0.1, 0.15) is 11.9 Å². The molecule has 7 nitrogen and oxygen atoms in total. The molecule has 1 aromatic carbocycles. The summed E-state index contributed by atoms with van der Waals surface area (Å²) in [5.74, 6) is -0.772. The molecule has 0 unspecified atom stereocenters. The Morgan fingerprint density at radius 1 is 1.35 bits per heavy atom. The molecule has 2 aromatic rings. The second-order valence-corrected chi connectivity index (χ2v) is 4.81. The Balaban J connectivity index is 2.02. The van der Waals surface area contributed by atoms with Gasteiger partial charge in [0.2, 0.25) is 5.75 Å². The monoisotopic (exact) mass is 320 g/mol. The van der Waals surface area contributed by atoms with Crippen LogP contribution in [0.15, 0.2) is 30.5 Å². The molecule has 0 radical (unpaired) electrons. The van der Waals surface area contributed by atoms with E-state index in [-0.39, 0.29) is 11.3 Å². The number of rotatable bonds is 4. The summed E-state index contributed by atoms with van der Waals surface area (Å²) in [6.07, 6.45) is 1.06. The largest absolute Gasteiger partial charge is 0.490 e. The van der Waals surface area contributed by atoms with Gasteiger partial charge in [-0.3, -0.25) is 15.1 Å². The van der Waals surface area contributed by atoms with E-state index in [1.807, 2.05) is 0 Å². The second kappa shape index (κ2) is 6.27. The molecular weight excluding hydrogens is 307 g/mol. The van der Waals surface area contributed by atoms with Gasteiger partial charge in [0, 0.05) is 11.8 Å². The van der Waals surface area contributed by atoms with E-state index in [2.05, 4.69) is 4.98 Å². The van der Waals surface area contributed by atoms with Crippen molar-refractivity contribution in [3.05, 3.63) is 52.0 Å². The maximum atomic E-state index is 13.7. The summed E-state index contributed by atoms with van der Waals surface area (Å²) in [6.45, 7) is 1.02. The molecule has 0 N–H and O–H groups in total. The minimum atomic E-state index is -0.735. The maximum absolute atomic E-state index is 13.7. The van der Waals surface area contributed by atoms with E-state index in [0.29, 0.717) is 18.9 Å². The zero-order valence-corrected chi connectivity index (χ0v) is 12.2. The minimum Gasteiger partial charge on any atom is -0.490 e. The molecule has 1 aromatic heterocycles. The van der Waals surface area contributed by atoms with Crippen LogP contribution in [0.5, 0.6) is 5.75 Å². The van der Waals surface area contributed by atoms with E-state index in [9.17, 15) is 14.5 Å². The Morgan fingerprint density at radius 3 is 2.65 bits per heavy atom. The van der Waals surface area contributed by atoms with Gasteiger partial charge >= 0.3 is 5.69 Å². The fourth-order valence-electron chi connectivity index (χ4n) is 2.37. The first kappa shape index (κ1) is 15.3. The van der Waals surface area contributed by atoms with Crippen molar-refractivity contribution < 1.29 is 23.5 Å². The molecule has 0 atom stereocenters. The standard InChI is InChI=1S/C15H13FN2O5/c1-21-14-11(6-10(16)7-13(14)18(19)20)12-3-2-9(8-17-12)15-22-4-5-23-15/h2-3,6-8,15H,4-5H2,1H3. The third kappa shape index (κ3) is 2.99. The summed E-state index contributed by atoms with van der Waals surface area (Å²) in [5, 5.41) is 11.0. The molecule has 1 aliphatic heterocycles. The Labute approximate surface area is 130 Å². The van der Waals surface area contributed by atoms with Gasteiger partial charge in [-0.15, -0.1) is 0 Å². The minimum absolute atomic E-state index is 0.0370. The highest BCUT2D eigenvalue weighted by atomic mass is 19.1. The van der Waals surface area contributed by atoms with Crippen LogP contribution < -0.4 is 4.74 Å².